The first-order valence-corrected chi connectivity index (χ1v) is 66.1. The van der Waals surface area contributed by atoms with Crippen LogP contribution in [0.5, 0.6) is 0 Å². The number of hydrogen-bond donors (Lipinski definition) is 0. The fraction of sp³-hybridized carbons (Fsp3) is 1.00. The van der Waals surface area contributed by atoms with Gasteiger partial charge in [0.05, 0.1) is 19.8 Å². The summed E-state index contributed by atoms with van der Waals surface area (Å²) in [5.74, 6) is -1.58. The number of rotatable bonds is 29. The van der Waals surface area contributed by atoms with Crippen LogP contribution in [0.4, 0.5) is 0 Å². The Bertz CT molecular complexity index is 1820. The van der Waals surface area contributed by atoms with Gasteiger partial charge >= 0.3 is 0 Å². The lowest BCUT2D eigenvalue weighted by atomic mass is 9.98. The maximum absolute atomic E-state index is 7.75. The monoisotopic (exact) mass is 1280 g/mol. The van der Waals surface area contributed by atoms with Gasteiger partial charge in [-0.25, -0.2) is 0 Å². The Morgan fingerprint density at radius 2 is 0.597 bits per heavy atom. The van der Waals surface area contributed by atoms with E-state index < -0.39 is 177 Å². The smallest absolute Gasteiger partial charge is 0.224 e. The minimum atomic E-state index is -2.44. The average molecular weight is 1280 g/mol. The van der Waals surface area contributed by atoms with Gasteiger partial charge in [-0.15, -0.1) is 0 Å². The van der Waals surface area contributed by atoms with Crippen molar-refractivity contribution in [3.63, 3.8) is 0 Å². The van der Waals surface area contributed by atoms with Gasteiger partial charge in [-0.2, -0.15) is 0 Å². The molecule has 3 rings (SSSR count). The minimum Gasteiger partial charge on any atom is -0.415 e. The molecule has 0 N–H and O–H groups in total. The van der Waals surface area contributed by atoms with Gasteiger partial charge in [0.1, 0.15) is 61.0 Å². The molecule has 0 aromatic heterocycles. The summed E-state index contributed by atoms with van der Waals surface area (Å²) in [6.45, 7) is 72.6. The van der Waals surface area contributed by atoms with Crippen molar-refractivity contribution in [1.29, 1.82) is 0 Å². The SMILES string of the molecule is C[Si](C)(C)OC[C@@H]1O[C@H](OC[C@@H]2O[C@H](OC3(CO[Si](C)(C)C)O[C@@H](O[Si](C)(C)C)[C@H](O[Si](C)(C)C)[C@H]3O[Si](C)(C)C)[C@@H](O[Si](C)(C)C)[C@H](O[Si](C)(C)C)[C@H]2O[Si](C)(C)C)[C@@H](O[Si](C)(C)C)[C@H](O[Si](C)(C)C)[C@H]1O[Si](C)(C)C. The molecule has 3 aliphatic rings. The van der Waals surface area contributed by atoms with E-state index in [9.17, 15) is 0 Å². The maximum atomic E-state index is 7.75. The van der Waals surface area contributed by atoms with Crippen LogP contribution in [-0.2, 0) is 72.4 Å². The second-order valence-corrected chi connectivity index (χ2v) is 81.6. The van der Waals surface area contributed by atoms with Crippen LogP contribution in [0.2, 0.25) is 216 Å². The van der Waals surface area contributed by atoms with Crippen molar-refractivity contribution in [3.8, 4) is 0 Å². The van der Waals surface area contributed by atoms with E-state index in [0.717, 1.165) is 0 Å². The van der Waals surface area contributed by atoms with Crippen LogP contribution in [0.1, 0.15) is 0 Å². The normalized spacial score (nSPS) is 32.3. The molecule has 3 heterocycles. The largest absolute Gasteiger partial charge is 0.415 e. The summed E-state index contributed by atoms with van der Waals surface area (Å²) in [7, 11) is -25.2. The number of ether oxygens (including phenoxy) is 5. The molecule has 0 aromatic carbocycles. The second-order valence-electron chi connectivity index (χ2n) is 32.4. The topological polar surface area (TPSA) is 148 Å². The first kappa shape index (κ1) is 73.0. The lowest BCUT2D eigenvalue weighted by molar-refractivity contribution is -0.386. The van der Waals surface area contributed by atoms with Crippen molar-refractivity contribution in [2.45, 2.75) is 302 Å². The van der Waals surface area contributed by atoms with Crippen molar-refractivity contribution in [1.82, 2.24) is 0 Å². The highest BCUT2D eigenvalue weighted by Gasteiger charge is 2.65. The maximum Gasteiger partial charge on any atom is 0.224 e. The first-order chi connectivity index (χ1) is 33.9. The standard InChI is InChI=1S/C50H118O16Si11/c1-67(2,3)52-35-38-40(59-70(10,11)12)41(60-71(13,14)15)43(62-73(19,20)21)47(54-38)51-34-37-39(58-69(7,8)9)42(61-72(16,17)18)44(63-74(22,23)24)48(55-37)56-50(36-53-68(4,5)6)46(65-76(28,29)30)45(64-75(25,26)27)49(57-50)66-77(31,32)33/h37-49H,34-36H2,1-33H3/t37-,38-,39-,40-,41+,42+,43-,44-,45+,46+,47-,48+,49-,50?/m0/s1. The van der Waals surface area contributed by atoms with Crippen molar-refractivity contribution in [3.05, 3.63) is 0 Å². The summed E-state index contributed by atoms with van der Waals surface area (Å²) in [6.07, 6.45) is -9.17. The Morgan fingerprint density at radius 3 is 0.961 bits per heavy atom. The molecule has 1 unspecified atom stereocenters. The molecular formula is C50H118O16Si11. The second kappa shape index (κ2) is 26.4. The third-order valence-corrected chi connectivity index (χ3v) is 21.8. The summed E-state index contributed by atoms with van der Waals surface area (Å²) in [6, 6.07) is 0. The summed E-state index contributed by atoms with van der Waals surface area (Å²) >= 11 is 0. The highest BCUT2D eigenvalue weighted by Crippen LogP contribution is 2.45. The van der Waals surface area contributed by atoms with Crippen molar-refractivity contribution < 1.29 is 72.4 Å². The van der Waals surface area contributed by atoms with Gasteiger partial charge in [0.25, 0.3) is 0 Å². The predicted octanol–water partition coefficient (Wildman–Crippen LogP) is 12.8. The Labute approximate surface area is 482 Å². The van der Waals surface area contributed by atoms with Crippen molar-refractivity contribution in [2.75, 3.05) is 19.8 Å². The van der Waals surface area contributed by atoms with Crippen LogP contribution in [-0.4, -0.2) is 197 Å². The molecule has 77 heavy (non-hydrogen) atoms. The van der Waals surface area contributed by atoms with Gasteiger partial charge in [-0.3, -0.25) is 0 Å². The molecule has 3 fully saturated rings. The zero-order valence-electron chi connectivity index (χ0n) is 55.2. The molecule has 0 saturated carbocycles. The summed E-state index contributed by atoms with van der Waals surface area (Å²) in [5.41, 5.74) is 0. The lowest BCUT2D eigenvalue weighted by Gasteiger charge is -2.53. The van der Waals surface area contributed by atoms with Crippen LogP contribution < -0.4 is 0 Å². The first-order valence-electron chi connectivity index (χ1n) is 28.6. The van der Waals surface area contributed by atoms with Crippen molar-refractivity contribution in [2.24, 2.45) is 0 Å². The van der Waals surface area contributed by atoms with Gasteiger partial charge in [0.15, 0.2) is 110 Å². The van der Waals surface area contributed by atoms with Gasteiger partial charge in [-0.05, 0) is 216 Å². The number of hydrogen-bond acceptors (Lipinski definition) is 16. The van der Waals surface area contributed by atoms with E-state index in [0.29, 0.717) is 6.61 Å². The van der Waals surface area contributed by atoms with E-state index >= 15 is 0 Å². The Hall–Kier alpha value is 1.75. The molecule has 458 valence electrons. The lowest BCUT2D eigenvalue weighted by Crippen LogP contribution is -2.69. The minimum absolute atomic E-state index is 0.0219. The Balaban J connectivity index is 2.46. The molecule has 0 radical (unpaired) electrons. The van der Waals surface area contributed by atoms with E-state index in [-0.39, 0.29) is 13.2 Å². The molecule has 16 nitrogen and oxygen atoms in total. The van der Waals surface area contributed by atoms with Gasteiger partial charge < -0.3 is 72.4 Å². The van der Waals surface area contributed by atoms with Crippen LogP contribution >= 0.6 is 0 Å². The van der Waals surface area contributed by atoms with E-state index in [4.69, 9.17) is 72.4 Å². The summed E-state index contributed by atoms with van der Waals surface area (Å²) in [4.78, 5) is 0. The molecule has 27 heteroatoms. The van der Waals surface area contributed by atoms with E-state index in [1.54, 1.807) is 0 Å². The molecule has 14 atom stereocenters. The molecule has 0 spiro atoms. The van der Waals surface area contributed by atoms with Crippen LogP contribution in [0.25, 0.3) is 0 Å². The summed E-state index contributed by atoms with van der Waals surface area (Å²) in [5, 5.41) is 0. The predicted molar refractivity (Wildman–Crippen MR) is 341 cm³/mol. The van der Waals surface area contributed by atoms with E-state index in [1.165, 1.54) is 0 Å². The quantitative estimate of drug-likeness (QED) is 0.0654. The molecular weight excluding hydrogens is 1170 g/mol. The molecule has 3 saturated heterocycles. The summed E-state index contributed by atoms with van der Waals surface area (Å²) < 4.78 is 116. The van der Waals surface area contributed by atoms with E-state index in [1.807, 2.05) is 0 Å². The Kier molecular flexibility index (Phi) is 25.0. The molecule has 0 bridgehead atoms. The molecule has 0 aromatic rings. The fourth-order valence-corrected chi connectivity index (χ4v) is 19.8. The zero-order chi connectivity index (χ0) is 59.9. The third kappa shape index (κ3) is 26.9. The van der Waals surface area contributed by atoms with Crippen LogP contribution in [0, 0.1) is 0 Å². The third-order valence-electron chi connectivity index (χ3n) is 11.0. The Morgan fingerprint density at radius 1 is 0.286 bits per heavy atom. The van der Waals surface area contributed by atoms with Gasteiger partial charge in [-0.1, -0.05) is 0 Å². The van der Waals surface area contributed by atoms with Gasteiger partial charge in [0, 0.05) is 0 Å². The van der Waals surface area contributed by atoms with E-state index in [2.05, 4.69) is 216 Å². The average Bonchev–Trinajstić information content (AvgIpc) is 3.37. The van der Waals surface area contributed by atoms with Gasteiger partial charge in [0.2, 0.25) is 5.79 Å². The highest BCUT2D eigenvalue weighted by molar-refractivity contribution is 6.73. The van der Waals surface area contributed by atoms with Crippen LogP contribution in [0.15, 0.2) is 0 Å². The molecule has 3 aliphatic heterocycles. The zero-order valence-corrected chi connectivity index (χ0v) is 66.2. The molecule has 0 aliphatic carbocycles. The van der Waals surface area contributed by atoms with Crippen molar-refractivity contribution >= 4 is 91.5 Å². The molecule has 0 amide bonds. The fourth-order valence-electron chi connectivity index (χ4n) is 9.01. The highest BCUT2D eigenvalue weighted by atomic mass is 28.4. The van der Waals surface area contributed by atoms with Crippen LogP contribution in [0.3, 0.4) is 0 Å².